The van der Waals surface area contributed by atoms with E-state index in [1.807, 2.05) is 6.92 Å². The summed E-state index contributed by atoms with van der Waals surface area (Å²) in [4.78, 5) is 16.7. The van der Waals surface area contributed by atoms with Gasteiger partial charge in [-0.1, -0.05) is 6.08 Å². The maximum atomic E-state index is 11.9. The van der Waals surface area contributed by atoms with Gasteiger partial charge >= 0.3 is 0 Å². The van der Waals surface area contributed by atoms with Gasteiger partial charge in [0.2, 0.25) is 5.91 Å². The van der Waals surface area contributed by atoms with Gasteiger partial charge in [-0.15, -0.1) is 6.58 Å². The average molecular weight is 252 g/mol. The summed E-state index contributed by atoms with van der Waals surface area (Å²) in [7, 11) is 0. The van der Waals surface area contributed by atoms with Crippen LogP contribution in [0.3, 0.4) is 0 Å². The molecule has 102 valence electrons. The topological polar surface area (TPSA) is 47.6 Å². The Bertz CT molecular complexity index is 295. The van der Waals surface area contributed by atoms with Crippen LogP contribution in [0.2, 0.25) is 0 Å². The Labute approximate surface area is 109 Å². The van der Waals surface area contributed by atoms with Crippen LogP contribution >= 0.6 is 0 Å². The Balaban J connectivity index is 1.74. The van der Waals surface area contributed by atoms with E-state index in [2.05, 4.69) is 27.0 Å². The fourth-order valence-electron chi connectivity index (χ4n) is 2.51. The van der Waals surface area contributed by atoms with Gasteiger partial charge in [0.15, 0.2) is 0 Å². The molecule has 0 aromatic rings. The molecule has 0 aromatic carbocycles. The van der Waals surface area contributed by atoms with E-state index in [1.54, 1.807) is 6.08 Å². The summed E-state index contributed by atoms with van der Waals surface area (Å²) >= 11 is 0. The van der Waals surface area contributed by atoms with Crippen LogP contribution in [0.5, 0.6) is 0 Å². The molecule has 5 heteroatoms. The number of carbonyl (C=O) groups excluding carboxylic acids is 1. The van der Waals surface area contributed by atoms with Crippen molar-refractivity contribution in [3.63, 3.8) is 0 Å². The molecular weight excluding hydrogens is 228 g/mol. The van der Waals surface area contributed by atoms with Crippen LogP contribution in [0.4, 0.5) is 0 Å². The minimum absolute atomic E-state index is 0.0355. The fourth-order valence-corrected chi connectivity index (χ4v) is 2.51. The van der Waals surface area contributed by atoms with Crippen LogP contribution in [-0.2, 0) is 4.79 Å². The van der Waals surface area contributed by atoms with Gasteiger partial charge in [0.05, 0.1) is 6.04 Å². The van der Waals surface area contributed by atoms with Crippen LogP contribution in [0.1, 0.15) is 6.92 Å². The second-order valence-corrected chi connectivity index (χ2v) is 5.09. The van der Waals surface area contributed by atoms with Crippen LogP contribution in [-0.4, -0.2) is 73.6 Å². The average Bonchev–Trinajstić information content (AvgIpc) is 2.34. The van der Waals surface area contributed by atoms with Gasteiger partial charge in [-0.2, -0.15) is 0 Å². The van der Waals surface area contributed by atoms with Crippen LogP contribution < -0.4 is 10.6 Å². The molecule has 1 unspecified atom stereocenters. The highest BCUT2D eigenvalue weighted by Gasteiger charge is 2.30. The Kier molecular flexibility index (Phi) is 4.74. The molecule has 0 aromatic heterocycles. The van der Waals surface area contributed by atoms with Gasteiger partial charge in [-0.3, -0.25) is 14.6 Å². The molecule has 0 radical (unpaired) electrons. The fraction of sp³-hybridized carbons (Fsp3) is 0.769. The van der Waals surface area contributed by atoms with Crippen molar-refractivity contribution >= 4 is 5.91 Å². The largest absolute Gasteiger partial charge is 0.351 e. The van der Waals surface area contributed by atoms with E-state index in [-0.39, 0.29) is 11.9 Å². The molecule has 2 fully saturated rings. The molecule has 2 aliphatic rings. The zero-order chi connectivity index (χ0) is 13.0. The first-order valence-corrected chi connectivity index (χ1v) is 6.80. The molecule has 2 N–H and O–H groups in total. The smallest absolute Gasteiger partial charge is 0.237 e. The second kappa shape index (κ2) is 6.31. The molecule has 0 bridgehead atoms. The lowest BCUT2D eigenvalue weighted by Crippen LogP contribution is -2.63. The first kappa shape index (κ1) is 13.5. The lowest BCUT2D eigenvalue weighted by atomic mass is 10.1. The van der Waals surface area contributed by atoms with E-state index in [0.717, 1.165) is 45.3 Å². The standard InChI is InChI=1S/C13H24N4O/c1-3-4-15-13(18)11(2)16-5-7-17(8-6-16)12-9-14-10-12/h3,11-12,14H,1,4-10H2,2H3,(H,15,18). The number of nitrogens with one attached hydrogen (secondary N) is 2. The third kappa shape index (κ3) is 3.10. The van der Waals surface area contributed by atoms with Gasteiger partial charge in [0.1, 0.15) is 0 Å². The molecule has 0 spiro atoms. The number of nitrogens with zero attached hydrogens (tertiary/aromatic N) is 2. The highest BCUT2D eigenvalue weighted by Crippen LogP contribution is 2.11. The van der Waals surface area contributed by atoms with E-state index < -0.39 is 0 Å². The third-order valence-corrected chi connectivity index (χ3v) is 3.97. The molecule has 0 aliphatic carbocycles. The maximum Gasteiger partial charge on any atom is 0.237 e. The summed E-state index contributed by atoms with van der Waals surface area (Å²) in [6, 6.07) is 0.684. The van der Waals surface area contributed by atoms with Crippen molar-refractivity contribution in [2.75, 3.05) is 45.8 Å². The van der Waals surface area contributed by atoms with Crippen molar-refractivity contribution in [2.45, 2.75) is 19.0 Å². The van der Waals surface area contributed by atoms with E-state index >= 15 is 0 Å². The van der Waals surface area contributed by atoms with Crippen molar-refractivity contribution in [1.82, 2.24) is 20.4 Å². The molecule has 5 nitrogen and oxygen atoms in total. The van der Waals surface area contributed by atoms with Gasteiger partial charge in [0.25, 0.3) is 0 Å². The zero-order valence-corrected chi connectivity index (χ0v) is 11.2. The van der Waals surface area contributed by atoms with E-state index in [9.17, 15) is 4.79 Å². The molecule has 2 saturated heterocycles. The van der Waals surface area contributed by atoms with Crippen molar-refractivity contribution in [1.29, 1.82) is 0 Å². The summed E-state index contributed by atoms with van der Waals surface area (Å²) in [5.41, 5.74) is 0. The molecule has 18 heavy (non-hydrogen) atoms. The number of rotatable bonds is 5. The summed E-state index contributed by atoms with van der Waals surface area (Å²) < 4.78 is 0. The number of carbonyl (C=O) groups is 1. The van der Waals surface area contributed by atoms with Crippen molar-refractivity contribution in [3.05, 3.63) is 12.7 Å². The summed E-state index contributed by atoms with van der Waals surface area (Å²) in [6.45, 7) is 12.5. The Morgan fingerprint density at radius 1 is 1.44 bits per heavy atom. The Hall–Kier alpha value is -0.910. The first-order chi connectivity index (χ1) is 8.72. The van der Waals surface area contributed by atoms with Crippen molar-refractivity contribution in [2.24, 2.45) is 0 Å². The van der Waals surface area contributed by atoms with Crippen molar-refractivity contribution < 1.29 is 4.79 Å². The number of hydrogen-bond acceptors (Lipinski definition) is 4. The van der Waals surface area contributed by atoms with Crippen LogP contribution in [0.25, 0.3) is 0 Å². The SMILES string of the molecule is C=CCNC(=O)C(C)N1CCN(C2CNC2)CC1. The molecule has 2 heterocycles. The lowest BCUT2D eigenvalue weighted by molar-refractivity contribution is -0.126. The maximum absolute atomic E-state index is 11.9. The zero-order valence-electron chi connectivity index (χ0n) is 11.2. The quantitative estimate of drug-likeness (QED) is 0.633. The third-order valence-electron chi connectivity index (χ3n) is 3.97. The van der Waals surface area contributed by atoms with E-state index in [0.29, 0.717) is 6.54 Å². The second-order valence-electron chi connectivity index (χ2n) is 5.09. The summed E-state index contributed by atoms with van der Waals surface area (Å²) in [5, 5.41) is 6.17. The molecule has 0 saturated carbocycles. The Morgan fingerprint density at radius 2 is 2.11 bits per heavy atom. The molecule has 2 aliphatic heterocycles. The van der Waals surface area contributed by atoms with Crippen molar-refractivity contribution in [3.8, 4) is 0 Å². The minimum atomic E-state index is -0.0355. The van der Waals surface area contributed by atoms with Gasteiger partial charge in [-0.25, -0.2) is 0 Å². The van der Waals surface area contributed by atoms with Gasteiger partial charge in [-0.05, 0) is 6.92 Å². The van der Waals surface area contributed by atoms with Crippen LogP contribution in [0, 0.1) is 0 Å². The number of amides is 1. The summed E-state index contributed by atoms with van der Waals surface area (Å²) in [6.07, 6.45) is 1.71. The van der Waals surface area contributed by atoms with Gasteiger partial charge in [0, 0.05) is 51.9 Å². The monoisotopic (exact) mass is 252 g/mol. The summed E-state index contributed by atoms with van der Waals surface area (Å²) in [5.74, 6) is 0.105. The first-order valence-electron chi connectivity index (χ1n) is 6.80. The highest BCUT2D eigenvalue weighted by atomic mass is 16.2. The van der Waals surface area contributed by atoms with Crippen LogP contribution in [0.15, 0.2) is 12.7 Å². The van der Waals surface area contributed by atoms with E-state index in [1.165, 1.54) is 0 Å². The van der Waals surface area contributed by atoms with Gasteiger partial charge < -0.3 is 10.6 Å². The van der Waals surface area contributed by atoms with E-state index in [4.69, 9.17) is 0 Å². The molecule has 1 amide bonds. The predicted molar refractivity (Wildman–Crippen MR) is 72.5 cm³/mol. The molecular formula is C13H24N4O. The number of piperazine rings is 1. The molecule has 2 rings (SSSR count). The lowest BCUT2D eigenvalue weighted by Gasteiger charge is -2.44. The number of hydrogen-bond donors (Lipinski definition) is 2. The normalized spacial score (nSPS) is 24.3. The Morgan fingerprint density at radius 3 is 2.61 bits per heavy atom. The molecule has 1 atom stereocenters. The minimum Gasteiger partial charge on any atom is -0.351 e. The highest BCUT2D eigenvalue weighted by molar-refractivity contribution is 5.81. The predicted octanol–water partition coefficient (Wildman–Crippen LogP) is -0.733.